The quantitative estimate of drug-likeness (QED) is 0.817. The average molecular weight is 254 g/mol. The molecular formula is C16H18N2O. The van der Waals surface area contributed by atoms with Gasteiger partial charge in [-0.1, -0.05) is 30.3 Å². The minimum Gasteiger partial charge on any atom is -0.465 e. The van der Waals surface area contributed by atoms with Gasteiger partial charge in [0.2, 0.25) is 0 Å². The Kier molecular flexibility index (Phi) is 4.38. The Bertz CT molecular complexity index is 554. The summed E-state index contributed by atoms with van der Waals surface area (Å²) >= 11 is 0. The average Bonchev–Trinajstić information content (AvgIpc) is 2.82. The maximum atomic E-state index is 9.02. The predicted octanol–water partition coefficient (Wildman–Crippen LogP) is 3.67. The lowest BCUT2D eigenvalue weighted by atomic mass is 10.0. The summed E-state index contributed by atoms with van der Waals surface area (Å²) in [4.78, 5) is 2.15. The van der Waals surface area contributed by atoms with Crippen LogP contribution in [0.25, 0.3) is 0 Å². The van der Waals surface area contributed by atoms with E-state index in [1.54, 1.807) is 0 Å². The first-order chi connectivity index (χ1) is 9.20. The standard InChI is InChI=1S/C16H18N2O/c1-13-8-9-15(19-13)12-18(2)16(10-11-17)14-6-4-3-5-7-14/h3-9,16H,10,12H2,1-2H3. The molecule has 0 aliphatic carbocycles. The molecule has 0 amide bonds. The fourth-order valence-electron chi connectivity index (χ4n) is 2.22. The zero-order chi connectivity index (χ0) is 13.7. The molecule has 1 aromatic carbocycles. The smallest absolute Gasteiger partial charge is 0.118 e. The van der Waals surface area contributed by atoms with E-state index in [2.05, 4.69) is 23.1 Å². The third kappa shape index (κ3) is 3.46. The first-order valence-electron chi connectivity index (χ1n) is 6.38. The molecule has 0 radical (unpaired) electrons. The van der Waals surface area contributed by atoms with Crippen LogP contribution in [0.5, 0.6) is 0 Å². The first kappa shape index (κ1) is 13.4. The SMILES string of the molecule is Cc1ccc(CN(C)C(CC#N)c2ccccc2)o1. The molecule has 1 aromatic heterocycles. The molecule has 0 saturated heterocycles. The van der Waals surface area contributed by atoms with Crippen molar-refractivity contribution in [3.63, 3.8) is 0 Å². The van der Waals surface area contributed by atoms with Crippen molar-refractivity contribution >= 4 is 0 Å². The lowest BCUT2D eigenvalue weighted by Crippen LogP contribution is -2.23. The van der Waals surface area contributed by atoms with Crippen LogP contribution in [0.2, 0.25) is 0 Å². The highest BCUT2D eigenvalue weighted by Crippen LogP contribution is 2.24. The summed E-state index contributed by atoms with van der Waals surface area (Å²) in [6, 6.07) is 16.4. The number of hydrogen-bond donors (Lipinski definition) is 0. The summed E-state index contributed by atoms with van der Waals surface area (Å²) < 4.78 is 5.59. The molecule has 3 nitrogen and oxygen atoms in total. The summed E-state index contributed by atoms with van der Waals surface area (Å²) in [5.41, 5.74) is 1.16. The first-order valence-corrected chi connectivity index (χ1v) is 6.38. The zero-order valence-corrected chi connectivity index (χ0v) is 11.3. The zero-order valence-electron chi connectivity index (χ0n) is 11.3. The molecule has 1 atom stereocenters. The Morgan fingerprint density at radius 3 is 2.53 bits per heavy atom. The number of nitriles is 1. The van der Waals surface area contributed by atoms with E-state index in [0.29, 0.717) is 13.0 Å². The van der Waals surface area contributed by atoms with Crippen molar-refractivity contribution in [3.8, 4) is 6.07 Å². The van der Waals surface area contributed by atoms with Crippen LogP contribution >= 0.6 is 0 Å². The van der Waals surface area contributed by atoms with E-state index in [1.165, 1.54) is 0 Å². The van der Waals surface area contributed by atoms with Crippen LogP contribution in [-0.4, -0.2) is 11.9 Å². The van der Waals surface area contributed by atoms with Crippen LogP contribution < -0.4 is 0 Å². The molecular weight excluding hydrogens is 236 g/mol. The third-order valence-electron chi connectivity index (χ3n) is 3.20. The van der Waals surface area contributed by atoms with E-state index in [1.807, 2.05) is 44.3 Å². The largest absolute Gasteiger partial charge is 0.465 e. The van der Waals surface area contributed by atoms with Gasteiger partial charge < -0.3 is 4.42 Å². The molecule has 0 aliphatic heterocycles. The van der Waals surface area contributed by atoms with Gasteiger partial charge in [0, 0.05) is 6.04 Å². The van der Waals surface area contributed by atoms with Crippen molar-refractivity contribution in [1.29, 1.82) is 5.26 Å². The van der Waals surface area contributed by atoms with Crippen LogP contribution in [0.3, 0.4) is 0 Å². The van der Waals surface area contributed by atoms with Crippen LogP contribution in [0.1, 0.15) is 29.5 Å². The lowest BCUT2D eigenvalue weighted by Gasteiger charge is -2.25. The molecule has 2 rings (SSSR count). The number of benzene rings is 1. The summed E-state index contributed by atoms with van der Waals surface area (Å²) in [5.74, 6) is 1.85. The van der Waals surface area contributed by atoms with E-state index >= 15 is 0 Å². The molecule has 0 saturated carbocycles. The van der Waals surface area contributed by atoms with Crippen LogP contribution in [0, 0.1) is 18.3 Å². The lowest BCUT2D eigenvalue weighted by molar-refractivity contribution is 0.219. The van der Waals surface area contributed by atoms with Crippen LogP contribution in [0.4, 0.5) is 0 Å². The van der Waals surface area contributed by atoms with Crippen molar-refractivity contribution < 1.29 is 4.42 Å². The van der Waals surface area contributed by atoms with E-state index in [9.17, 15) is 0 Å². The molecule has 0 spiro atoms. The molecule has 1 unspecified atom stereocenters. The Morgan fingerprint density at radius 2 is 1.95 bits per heavy atom. The van der Waals surface area contributed by atoms with Crippen molar-refractivity contribution in [1.82, 2.24) is 4.90 Å². The molecule has 0 N–H and O–H groups in total. The number of aryl methyl sites for hydroxylation is 1. The second kappa shape index (κ2) is 6.21. The monoisotopic (exact) mass is 254 g/mol. The molecule has 2 aromatic rings. The van der Waals surface area contributed by atoms with E-state index < -0.39 is 0 Å². The van der Waals surface area contributed by atoms with Gasteiger partial charge in [0.1, 0.15) is 11.5 Å². The molecule has 98 valence electrons. The number of nitrogens with zero attached hydrogens (tertiary/aromatic N) is 2. The molecule has 3 heteroatoms. The number of hydrogen-bond acceptors (Lipinski definition) is 3. The summed E-state index contributed by atoms with van der Waals surface area (Å²) in [6.07, 6.45) is 0.472. The highest BCUT2D eigenvalue weighted by atomic mass is 16.3. The van der Waals surface area contributed by atoms with E-state index in [-0.39, 0.29) is 6.04 Å². The second-order valence-electron chi connectivity index (χ2n) is 4.72. The van der Waals surface area contributed by atoms with Gasteiger partial charge >= 0.3 is 0 Å². The van der Waals surface area contributed by atoms with Crippen LogP contribution in [-0.2, 0) is 6.54 Å². The summed E-state index contributed by atoms with van der Waals surface area (Å²) in [6.45, 7) is 2.64. The fourth-order valence-corrected chi connectivity index (χ4v) is 2.22. The van der Waals surface area contributed by atoms with Crippen LogP contribution in [0.15, 0.2) is 46.9 Å². The summed E-state index contributed by atoms with van der Waals surface area (Å²) in [5, 5.41) is 9.02. The number of rotatable bonds is 5. The minimum atomic E-state index is 0.0941. The molecule has 0 bridgehead atoms. The van der Waals surface area contributed by atoms with Gasteiger partial charge in [-0.2, -0.15) is 5.26 Å². The van der Waals surface area contributed by atoms with Gasteiger partial charge in [0.25, 0.3) is 0 Å². The van der Waals surface area contributed by atoms with Gasteiger partial charge in [0.15, 0.2) is 0 Å². The maximum Gasteiger partial charge on any atom is 0.118 e. The van der Waals surface area contributed by atoms with E-state index in [0.717, 1.165) is 17.1 Å². The Labute approximate surface area is 114 Å². The topological polar surface area (TPSA) is 40.2 Å². The predicted molar refractivity (Wildman–Crippen MR) is 74.3 cm³/mol. The van der Waals surface area contributed by atoms with Gasteiger partial charge in [-0.3, -0.25) is 4.90 Å². The van der Waals surface area contributed by atoms with Crippen molar-refractivity contribution in [2.45, 2.75) is 25.9 Å². The highest BCUT2D eigenvalue weighted by Gasteiger charge is 2.17. The van der Waals surface area contributed by atoms with Gasteiger partial charge in [0.05, 0.1) is 19.0 Å². The molecule has 0 aliphatic rings. The molecule has 1 heterocycles. The fraction of sp³-hybridized carbons (Fsp3) is 0.312. The third-order valence-corrected chi connectivity index (χ3v) is 3.20. The Hall–Kier alpha value is -2.05. The van der Waals surface area contributed by atoms with Crippen molar-refractivity contribution in [2.24, 2.45) is 0 Å². The van der Waals surface area contributed by atoms with Crippen molar-refractivity contribution in [2.75, 3.05) is 7.05 Å². The normalized spacial score (nSPS) is 12.3. The second-order valence-corrected chi connectivity index (χ2v) is 4.72. The molecule has 0 fully saturated rings. The maximum absolute atomic E-state index is 9.02. The highest BCUT2D eigenvalue weighted by molar-refractivity contribution is 5.20. The van der Waals surface area contributed by atoms with Gasteiger partial charge in [-0.05, 0) is 31.7 Å². The van der Waals surface area contributed by atoms with Gasteiger partial charge in [-0.15, -0.1) is 0 Å². The van der Waals surface area contributed by atoms with E-state index in [4.69, 9.17) is 9.68 Å². The van der Waals surface area contributed by atoms with Crippen molar-refractivity contribution in [3.05, 3.63) is 59.5 Å². The minimum absolute atomic E-state index is 0.0941. The molecule has 19 heavy (non-hydrogen) atoms. The Balaban J connectivity index is 2.13. The summed E-state index contributed by atoms with van der Waals surface area (Å²) in [7, 11) is 2.02. The Morgan fingerprint density at radius 1 is 1.21 bits per heavy atom. The van der Waals surface area contributed by atoms with Gasteiger partial charge in [-0.25, -0.2) is 0 Å². The number of furan rings is 1.